The van der Waals surface area contributed by atoms with Gasteiger partial charge < -0.3 is 15.6 Å². The zero-order valence-corrected chi connectivity index (χ0v) is 9.20. The standard InChI is InChI=1S/C10H22N2O2/c1-9(7-10(2,11)8-13)12-3-5-14-6-4-12/h9,13H,3-8,11H2,1-2H3. The van der Waals surface area contributed by atoms with Crippen LogP contribution in [0.15, 0.2) is 0 Å². The number of hydrogen-bond acceptors (Lipinski definition) is 4. The molecule has 1 aliphatic heterocycles. The van der Waals surface area contributed by atoms with Gasteiger partial charge >= 0.3 is 0 Å². The van der Waals surface area contributed by atoms with Crippen LogP contribution >= 0.6 is 0 Å². The van der Waals surface area contributed by atoms with E-state index in [1.54, 1.807) is 0 Å². The molecule has 1 fully saturated rings. The second-order valence-electron chi connectivity index (χ2n) is 4.51. The summed E-state index contributed by atoms with van der Waals surface area (Å²) in [4.78, 5) is 2.37. The van der Waals surface area contributed by atoms with Crippen LogP contribution in [0.5, 0.6) is 0 Å². The van der Waals surface area contributed by atoms with Gasteiger partial charge in [0.05, 0.1) is 19.8 Å². The van der Waals surface area contributed by atoms with Gasteiger partial charge in [-0.25, -0.2) is 0 Å². The lowest BCUT2D eigenvalue weighted by atomic mass is 9.95. The average molecular weight is 202 g/mol. The van der Waals surface area contributed by atoms with Crippen molar-refractivity contribution in [2.75, 3.05) is 32.9 Å². The molecule has 84 valence electrons. The first-order chi connectivity index (χ1) is 6.55. The van der Waals surface area contributed by atoms with E-state index in [2.05, 4.69) is 11.8 Å². The highest BCUT2D eigenvalue weighted by molar-refractivity contribution is 4.84. The lowest BCUT2D eigenvalue weighted by molar-refractivity contribution is 0.0121. The number of aliphatic hydroxyl groups is 1. The van der Waals surface area contributed by atoms with Crippen LogP contribution in [-0.2, 0) is 4.74 Å². The predicted octanol–water partition coefficient (Wildman–Crippen LogP) is -0.193. The van der Waals surface area contributed by atoms with Crippen molar-refractivity contribution in [3.8, 4) is 0 Å². The molecule has 0 aliphatic carbocycles. The van der Waals surface area contributed by atoms with Crippen LogP contribution in [0.3, 0.4) is 0 Å². The molecular formula is C10H22N2O2. The first-order valence-electron chi connectivity index (χ1n) is 5.27. The first-order valence-corrected chi connectivity index (χ1v) is 5.27. The Kier molecular flexibility index (Phi) is 4.31. The second-order valence-corrected chi connectivity index (χ2v) is 4.51. The SMILES string of the molecule is CC(CC(C)(N)CO)N1CCOCC1. The summed E-state index contributed by atoms with van der Waals surface area (Å²) in [6.45, 7) is 7.67. The van der Waals surface area contributed by atoms with E-state index in [4.69, 9.17) is 15.6 Å². The van der Waals surface area contributed by atoms with E-state index in [0.29, 0.717) is 6.04 Å². The van der Waals surface area contributed by atoms with Crippen LogP contribution in [0.4, 0.5) is 0 Å². The molecule has 0 aromatic rings. The van der Waals surface area contributed by atoms with E-state index in [-0.39, 0.29) is 6.61 Å². The monoisotopic (exact) mass is 202 g/mol. The number of rotatable bonds is 4. The number of aliphatic hydroxyl groups excluding tert-OH is 1. The maximum atomic E-state index is 9.07. The molecule has 3 N–H and O–H groups in total. The number of nitrogens with zero attached hydrogens (tertiary/aromatic N) is 1. The maximum Gasteiger partial charge on any atom is 0.0609 e. The van der Waals surface area contributed by atoms with E-state index < -0.39 is 5.54 Å². The van der Waals surface area contributed by atoms with Crippen molar-refractivity contribution in [2.24, 2.45) is 5.73 Å². The van der Waals surface area contributed by atoms with Crippen LogP contribution < -0.4 is 5.73 Å². The molecule has 1 saturated heterocycles. The topological polar surface area (TPSA) is 58.7 Å². The lowest BCUT2D eigenvalue weighted by Gasteiger charge is -2.36. The Balaban J connectivity index is 2.36. The lowest BCUT2D eigenvalue weighted by Crippen LogP contribution is -2.49. The Morgan fingerprint density at radius 1 is 1.50 bits per heavy atom. The van der Waals surface area contributed by atoms with E-state index in [9.17, 15) is 0 Å². The van der Waals surface area contributed by atoms with Crippen molar-refractivity contribution >= 4 is 0 Å². The smallest absolute Gasteiger partial charge is 0.0609 e. The Hall–Kier alpha value is -0.160. The van der Waals surface area contributed by atoms with Gasteiger partial charge in [0, 0.05) is 24.7 Å². The predicted molar refractivity (Wildman–Crippen MR) is 56.1 cm³/mol. The summed E-state index contributed by atoms with van der Waals surface area (Å²) in [7, 11) is 0. The Morgan fingerprint density at radius 2 is 2.07 bits per heavy atom. The molecule has 1 aliphatic rings. The molecule has 0 aromatic heterocycles. The maximum absolute atomic E-state index is 9.07. The summed E-state index contributed by atoms with van der Waals surface area (Å²) < 4.78 is 5.28. The quantitative estimate of drug-likeness (QED) is 0.663. The zero-order valence-electron chi connectivity index (χ0n) is 9.20. The van der Waals surface area contributed by atoms with E-state index >= 15 is 0 Å². The summed E-state index contributed by atoms with van der Waals surface area (Å²) >= 11 is 0. The van der Waals surface area contributed by atoms with Crippen molar-refractivity contribution in [3.05, 3.63) is 0 Å². The van der Waals surface area contributed by atoms with Gasteiger partial charge in [-0.2, -0.15) is 0 Å². The minimum Gasteiger partial charge on any atom is -0.394 e. The van der Waals surface area contributed by atoms with Crippen molar-refractivity contribution in [1.82, 2.24) is 4.90 Å². The minimum atomic E-state index is -0.461. The van der Waals surface area contributed by atoms with E-state index in [0.717, 1.165) is 32.7 Å². The van der Waals surface area contributed by atoms with Gasteiger partial charge in [0.15, 0.2) is 0 Å². The number of hydrogen-bond donors (Lipinski definition) is 2. The van der Waals surface area contributed by atoms with Gasteiger partial charge in [-0.15, -0.1) is 0 Å². The Bertz CT molecular complexity index is 168. The van der Waals surface area contributed by atoms with E-state index in [1.807, 2.05) is 6.92 Å². The summed E-state index contributed by atoms with van der Waals surface area (Å²) in [6.07, 6.45) is 0.823. The van der Waals surface area contributed by atoms with Crippen molar-refractivity contribution < 1.29 is 9.84 Å². The minimum absolute atomic E-state index is 0.0433. The molecule has 1 heterocycles. The van der Waals surface area contributed by atoms with Crippen LogP contribution in [-0.4, -0.2) is 54.5 Å². The summed E-state index contributed by atoms with van der Waals surface area (Å²) in [6, 6.07) is 0.418. The molecule has 0 aromatic carbocycles. The van der Waals surface area contributed by atoms with Gasteiger partial charge in [0.2, 0.25) is 0 Å². The second kappa shape index (κ2) is 5.07. The highest BCUT2D eigenvalue weighted by Crippen LogP contribution is 2.14. The van der Waals surface area contributed by atoms with Crippen LogP contribution in [0, 0.1) is 0 Å². The molecule has 0 bridgehead atoms. The molecule has 0 radical (unpaired) electrons. The average Bonchev–Trinajstić information content (AvgIpc) is 2.19. The summed E-state index contributed by atoms with van der Waals surface area (Å²) in [5.74, 6) is 0. The third-order valence-electron chi connectivity index (χ3n) is 2.79. The fraction of sp³-hybridized carbons (Fsp3) is 1.00. The first kappa shape index (κ1) is 11.9. The highest BCUT2D eigenvalue weighted by atomic mass is 16.5. The van der Waals surface area contributed by atoms with Gasteiger partial charge in [0.1, 0.15) is 0 Å². The fourth-order valence-electron chi connectivity index (χ4n) is 1.89. The van der Waals surface area contributed by atoms with Crippen molar-refractivity contribution in [2.45, 2.75) is 31.8 Å². The molecule has 0 spiro atoms. The largest absolute Gasteiger partial charge is 0.394 e. The highest BCUT2D eigenvalue weighted by Gasteiger charge is 2.25. The molecule has 14 heavy (non-hydrogen) atoms. The fourth-order valence-corrected chi connectivity index (χ4v) is 1.89. The zero-order chi connectivity index (χ0) is 10.6. The Morgan fingerprint density at radius 3 is 2.57 bits per heavy atom. The van der Waals surface area contributed by atoms with Crippen molar-refractivity contribution in [1.29, 1.82) is 0 Å². The number of morpholine rings is 1. The third-order valence-corrected chi connectivity index (χ3v) is 2.79. The molecule has 1 rings (SSSR count). The third kappa shape index (κ3) is 3.53. The van der Waals surface area contributed by atoms with Gasteiger partial charge in [0.25, 0.3) is 0 Å². The molecular weight excluding hydrogens is 180 g/mol. The van der Waals surface area contributed by atoms with Crippen LogP contribution in [0.25, 0.3) is 0 Å². The van der Waals surface area contributed by atoms with E-state index in [1.165, 1.54) is 0 Å². The molecule has 4 heteroatoms. The summed E-state index contributed by atoms with van der Waals surface area (Å²) in [5.41, 5.74) is 5.46. The molecule has 2 atom stereocenters. The molecule has 0 amide bonds. The van der Waals surface area contributed by atoms with Crippen molar-refractivity contribution in [3.63, 3.8) is 0 Å². The van der Waals surface area contributed by atoms with Gasteiger partial charge in [-0.3, -0.25) is 4.90 Å². The van der Waals surface area contributed by atoms with Crippen LogP contribution in [0.2, 0.25) is 0 Å². The normalized spacial score (nSPS) is 25.7. The molecule has 4 nitrogen and oxygen atoms in total. The Labute approximate surface area is 86.0 Å². The van der Waals surface area contributed by atoms with Crippen LogP contribution in [0.1, 0.15) is 20.3 Å². The molecule has 0 saturated carbocycles. The molecule has 2 unspecified atom stereocenters. The number of ether oxygens (including phenoxy) is 1. The van der Waals surface area contributed by atoms with Gasteiger partial charge in [-0.1, -0.05) is 0 Å². The summed E-state index contributed by atoms with van der Waals surface area (Å²) in [5, 5.41) is 9.07. The van der Waals surface area contributed by atoms with Gasteiger partial charge in [-0.05, 0) is 20.3 Å². The number of nitrogens with two attached hydrogens (primary N) is 1.